The van der Waals surface area contributed by atoms with Gasteiger partial charge < -0.3 is 14.0 Å². The molecule has 0 bridgehead atoms. The molecule has 0 fully saturated rings. The quantitative estimate of drug-likeness (QED) is 0.334. The highest BCUT2D eigenvalue weighted by Gasteiger charge is 2.29. The SMILES string of the molecule is CO[Si](O)(O)CCCCCCS. The van der Waals surface area contributed by atoms with Gasteiger partial charge in [0.05, 0.1) is 0 Å². The summed E-state index contributed by atoms with van der Waals surface area (Å²) in [7, 11) is -1.91. The fraction of sp³-hybridized carbons (Fsp3) is 1.00. The number of hydrogen-bond acceptors (Lipinski definition) is 4. The van der Waals surface area contributed by atoms with E-state index in [4.69, 9.17) is 9.59 Å². The first-order chi connectivity index (χ1) is 5.62. The normalized spacial score (nSPS) is 12.0. The lowest BCUT2D eigenvalue weighted by molar-refractivity contribution is 0.183. The van der Waals surface area contributed by atoms with Crippen LogP contribution in [0.1, 0.15) is 25.7 Å². The Balaban J connectivity index is 3.19. The third kappa shape index (κ3) is 7.12. The van der Waals surface area contributed by atoms with Crippen molar-refractivity contribution >= 4 is 21.4 Å². The van der Waals surface area contributed by atoms with Gasteiger partial charge in [0, 0.05) is 13.2 Å². The van der Waals surface area contributed by atoms with Crippen molar-refractivity contribution in [3.05, 3.63) is 0 Å². The number of rotatable bonds is 7. The highest BCUT2D eigenvalue weighted by atomic mass is 32.1. The second-order valence-corrected chi connectivity index (χ2v) is 5.68. The summed E-state index contributed by atoms with van der Waals surface area (Å²) < 4.78 is 4.58. The zero-order chi connectivity index (χ0) is 9.45. The molecule has 0 heterocycles. The van der Waals surface area contributed by atoms with Gasteiger partial charge in [-0.3, -0.25) is 0 Å². The molecular weight excluding hydrogens is 192 g/mol. The fourth-order valence-electron chi connectivity index (χ4n) is 0.923. The van der Waals surface area contributed by atoms with E-state index in [-0.39, 0.29) is 0 Å². The lowest BCUT2D eigenvalue weighted by Crippen LogP contribution is -2.37. The monoisotopic (exact) mass is 210 g/mol. The van der Waals surface area contributed by atoms with Gasteiger partial charge in [0.25, 0.3) is 0 Å². The minimum atomic E-state index is -3.26. The largest absolute Gasteiger partial charge is 0.495 e. The molecule has 0 aromatic rings. The maximum atomic E-state index is 9.14. The van der Waals surface area contributed by atoms with Crippen molar-refractivity contribution in [2.75, 3.05) is 12.9 Å². The Morgan fingerprint density at radius 3 is 2.25 bits per heavy atom. The van der Waals surface area contributed by atoms with Crippen LogP contribution in [0.25, 0.3) is 0 Å². The predicted molar refractivity (Wildman–Crippen MR) is 54.3 cm³/mol. The van der Waals surface area contributed by atoms with Crippen molar-refractivity contribution in [3.8, 4) is 0 Å². The molecule has 12 heavy (non-hydrogen) atoms. The zero-order valence-corrected chi connectivity index (χ0v) is 9.39. The van der Waals surface area contributed by atoms with Crippen LogP contribution in [0, 0.1) is 0 Å². The van der Waals surface area contributed by atoms with E-state index in [9.17, 15) is 0 Å². The summed E-state index contributed by atoms with van der Waals surface area (Å²) in [6.07, 6.45) is 4.07. The summed E-state index contributed by atoms with van der Waals surface area (Å²) in [6.45, 7) is 0. The van der Waals surface area contributed by atoms with Crippen molar-refractivity contribution < 1.29 is 14.0 Å². The number of thiol groups is 1. The van der Waals surface area contributed by atoms with E-state index in [0.29, 0.717) is 6.04 Å². The molecule has 3 nitrogen and oxygen atoms in total. The molecule has 2 N–H and O–H groups in total. The molecular formula is C7H18O3SSi. The highest BCUT2D eigenvalue weighted by Crippen LogP contribution is 2.10. The Morgan fingerprint density at radius 2 is 1.75 bits per heavy atom. The van der Waals surface area contributed by atoms with E-state index in [0.717, 1.165) is 31.4 Å². The van der Waals surface area contributed by atoms with Gasteiger partial charge in [0.2, 0.25) is 0 Å². The Morgan fingerprint density at radius 1 is 1.17 bits per heavy atom. The fourth-order valence-corrected chi connectivity index (χ4v) is 2.06. The van der Waals surface area contributed by atoms with Crippen LogP contribution in [0.4, 0.5) is 0 Å². The Kier molecular flexibility index (Phi) is 7.17. The van der Waals surface area contributed by atoms with Gasteiger partial charge >= 0.3 is 8.80 Å². The molecule has 0 aromatic carbocycles. The first-order valence-corrected chi connectivity index (χ1v) is 6.87. The van der Waals surface area contributed by atoms with Gasteiger partial charge in [0.15, 0.2) is 0 Å². The molecule has 0 aliphatic heterocycles. The van der Waals surface area contributed by atoms with Gasteiger partial charge in [-0.1, -0.05) is 12.8 Å². The molecule has 0 atom stereocenters. The van der Waals surface area contributed by atoms with E-state index in [1.807, 2.05) is 0 Å². The van der Waals surface area contributed by atoms with Crippen LogP contribution in [-0.2, 0) is 4.43 Å². The number of unbranched alkanes of at least 4 members (excludes halogenated alkanes) is 3. The van der Waals surface area contributed by atoms with E-state index in [1.54, 1.807) is 0 Å². The van der Waals surface area contributed by atoms with E-state index >= 15 is 0 Å². The van der Waals surface area contributed by atoms with E-state index < -0.39 is 8.80 Å². The van der Waals surface area contributed by atoms with Crippen molar-refractivity contribution in [2.24, 2.45) is 0 Å². The average molecular weight is 210 g/mol. The Hall–Kier alpha value is 0.447. The zero-order valence-electron chi connectivity index (χ0n) is 7.49. The summed E-state index contributed by atoms with van der Waals surface area (Å²) in [5, 5.41) is 0. The molecule has 74 valence electrons. The molecule has 0 aromatic heterocycles. The second-order valence-electron chi connectivity index (χ2n) is 2.84. The molecule has 0 amide bonds. The van der Waals surface area contributed by atoms with Gasteiger partial charge in [-0.2, -0.15) is 12.6 Å². The van der Waals surface area contributed by atoms with Crippen molar-refractivity contribution in [3.63, 3.8) is 0 Å². The molecule has 0 aliphatic carbocycles. The Bertz CT molecular complexity index is 111. The molecule has 5 heteroatoms. The third-order valence-corrected chi connectivity index (χ3v) is 3.71. The molecule has 0 aliphatic rings. The number of hydrogen-bond donors (Lipinski definition) is 3. The average Bonchev–Trinajstić information content (AvgIpc) is 2.04. The Labute approximate surface area is 80.5 Å². The second kappa shape index (κ2) is 6.91. The summed E-state index contributed by atoms with van der Waals surface area (Å²) in [6, 6.07) is 0.413. The van der Waals surface area contributed by atoms with E-state index in [2.05, 4.69) is 17.1 Å². The van der Waals surface area contributed by atoms with Crippen molar-refractivity contribution in [2.45, 2.75) is 31.7 Å². The van der Waals surface area contributed by atoms with Gasteiger partial charge in [-0.25, -0.2) is 0 Å². The smallest absolute Gasteiger partial charge is 0.390 e. The van der Waals surface area contributed by atoms with Crippen LogP contribution >= 0.6 is 12.6 Å². The minimum Gasteiger partial charge on any atom is -0.390 e. The first-order valence-electron chi connectivity index (χ1n) is 4.23. The molecule has 0 saturated carbocycles. The molecule has 0 rings (SSSR count). The van der Waals surface area contributed by atoms with Gasteiger partial charge in [-0.15, -0.1) is 0 Å². The summed E-state index contributed by atoms with van der Waals surface area (Å²) in [5.41, 5.74) is 0. The molecule has 0 radical (unpaired) electrons. The van der Waals surface area contributed by atoms with Crippen LogP contribution < -0.4 is 0 Å². The summed E-state index contributed by atoms with van der Waals surface area (Å²) in [4.78, 5) is 18.3. The molecule has 0 unspecified atom stereocenters. The van der Waals surface area contributed by atoms with Crippen LogP contribution in [0.2, 0.25) is 6.04 Å². The lowest BCUT2D eigenvalue weighted by atomic mass is 10.2. The third-order valence-electron chi connectivity index (χ3n) is 1.74. The molecule has 0 saturated heterocycles. The summed E-state index contributed by atoms with van der Waals surface area (Å²) >= 11 is 4.08. The minimum absolute atomic E-state index is 0.413. The maximum Gasteiger partial charge on any atom is 0.495 e. The van der Waals surface area contributed by atoms with Crippen LogP contribution in [0.15, 0.2) is 0 Å². The van der Waals surface area contributed by atoms with Crippen LogP contribution in [0.5, 0.6) is 0 Å². The van der Waals surface area contributed by atoms with Crippen molar-refractivity contribution in [1.82, 2.24) is 0 Å². The van der Waals surface area contributed by atoms with Crippen LogP contribution in [0.3, 0.4) is 0 Å². The standard InChI is InChI=1S/C7H18O3SSi/c1-10-12(8,9)7-5-3-2-4-6-11/h8-9,11H,2-7H2,1H3. The molecule has 0 spiro atoms. The van der Waals surface area contributed by atoms with Crippen LogP contribution in [-0.4, -0.2) is 31.3 Å². The topological polar surface area (TPSA) is 49.7 Å². The predicted octanol–water partition coefficient (Wildman–Crippen LogP) is 1.05. The van der Waals surface area contributed by atoms with Gasteiger partial charge in [0.1, 0.15) is 0 Å². The lowest BCUT2D eigenvalue weighted by Gasteiger charge is -2.13. The van der Waals surface area contributed by atoms with E-state index in [1.165, 1.54) is 7.11 Å². The van der Waals surface area contributed by atoms with Crippen molar-refractivity contribution in [1.29, 1.82) is 0 Å². The first kappa shape index (κ1) is 12.4. The van der Waals surface area contributed by atoms with Gasteiger partial charge in [-0.05, 0) is 18.6 Å². The summed E-state index contributed by atoms with van der Waals surface area (Å²) in [5.74, 6) is 0.908. The maximum absolute atomic E-state index is 9.14. The highest BCUT2D eigenvalue weighted by molar-refractivity contribution is 7.80.